The summed E-state index contributed by atoms with van der Waals surface area (Å²) >= 11 is 0. The fraction of sp³-hybridized carbons (Fsp3) is 1.00. The summed E-state index contributed by atoms with van der Waals surface area (Å²) in [7, 11) is 4.27. The zero-order valence-electron chi connectivity index (χ0n) is 10.7. The van der Waals surface area contributed by atoms with E-state index < -0.39 is 0 Å². The first-order valence-electron chi connectivity index (χ1n) is 6.02. The molecule has 0 amide bonds. The molecule has 15 heavy (non-hydrogen) atoms. The largest absolute Gasteiger partial charge is 0.381 e. The van der Waals surface area contributed by atoms with E-state index in [0.717, 1.165) is 19.8 Å². The highest BCUT2D eigenvalue weighted by molar-refractivity contribution is 4.86. The maximum atomic E-state index is 5.47. The molecule has 0 spiro atoms. The van der Waals surface area contributed by atoms with Gasteiger partial charge in [0.25, 0.3) is 0 Å². The highest BCUT2D eigenvalue weighted by Crippen LogP contribution is 2.30. The number of hydrogen-bond acceptors (Lipinski definition) is 3. The van der Waals surface area contributed by atoms with Crippen molar-refractivity contribution in [1.82, 2.24) is 10.2 Å². The molecule has 90 valence electrons. The van der Waals surface area contributed by atoms with Gasteiger partial charge in [0.1, 0.15) is 0 Å². The lowest BCUT2D eigenvalue weighted by molar-refractivity contribution is -0.00371. The summed E-state index contributed by atoms with van der Waals surface area (Å²) in [4.78, 5) is 2.45. The van der Waals surface area contributed by atoms with E-state index >= 15 is 0 Å². The molecular formula is C12H26N2O. The van der Waals surface area contributed by atoms with Crippen LogP contribution in [-0.4, -0.2) is 51.3 Å². The minimum atomic E-state index is 0.423. The molecule has 3 nitrogen and oxygen atoms in total. The minimum absolute atomic E-state index is 0.423. The van der Waals surface area contributed by atoms with Crippen LogP contribution in [0.2, 0.25) is 0 Å². The second-order valence-corrected chi connectivity index (χ2v) is 5.15. The van der Waals surface area contributed by atoms with Crippen LogP contribution >= 0.6 is 0 Å². The fourth-order valence-corrected chi connectivity index (χ4v) is 2.28. The van der Waals surface area contributed by atoms with Gasteiger partial charge in [-0.1, -0.05) is 0 Å². The molecule has 0 atom stereocenters. The van der Waals surface area contributed by atoms with Crippen LogP contribution in [0.3, 0.4) is 0 Å². The van der Waals surface area contributed by atoms with Crippen LogP contribution < -0.4 is 5.32 Å². The van der Waals surface area contributed by atoms with Crippen LogP contribution in [0, 0.1) is 5.41 Å². The molecule has 3 heteroatoms. The average Bonchev–Trinajstić information content (AvgIpc) is 2.19. The van der Waals surface area contributed by atoms with E-state index in [0.29, 0.717) is 11.5 Å². The van der Waals surface area contributed by atoms with Gasteiger partial charge in [-0.3, -0.25) is 0 Å². The van der Waals surface area contributed by atoms with E-state index in [2.05, 4.69) is 31.1 Å². The van der Waals surface area contributed by atoms with Crippen molar-refractivity contribution >= 4 is 0 Å². The minimum Gasteiger partial charge on any atom is -0.381 e. The van der Waals surface area contributed by atoms with Crippen molar-refractivity contribution in [3.05, 3.63) is 0 Å². The van der Waals surface area contributed by atoms with Gasteiger partial charge in [0, 0.05) is 32.3 Å². The predicted molar refractivity (Wildman–Crippen MR) is 64.2 cm³/mol. The molecule has 0 unspecified atom stereocenters. The Kier molecular flexibility index (Phi) is 5.03. The van der Waals surface area contributed by atoms with Gasteiger partial charge in [-0.15, -0.1) is 0 Å². The summed E-state index contributed by atoms with van der Waals surface area (Å²) in [6, 6.07) is 0.626. The second-order valence-electron chi connectivity index (χ2n) is 5.15. The predicted octanol–water partition coefficient (Wildman–Crippen LogP) is 1.34. The Bertz CT molecular complexity index is 171. The number of nitrogens with zero attached hydrogens (tertiary/aromatic N) is 1. The Hall–Kier alpha value is -0.120. The lowest BCUT2D eigenvalue weighted by Gasteiger charge is -2.41. The van der Waals surface area contributed by atoms with Crippen LogP contribution in [0.15, 0.2) is 0 Å². The molecule has 1 aliphatic rings. The maximum absolute atomic E-state index is 5.47. The standard InChI is InChI=1S/C12H26N2O/c1-11(2)14(4)10-12(9-13-3)5-7-15-8-6-12/h11,13H,5-10H2,1-4H3. The quantitative estimate of drug-likeness (QED) is 0.747. The Labute approximate surface area is 94.2 Å². The number of rotatable bonds is 5. The zero-order valence-corrected chi connectivity index (χ0v) is 10.7. The van der Waals surface area contributed by atoms with Crippen LogP contribution in [0.4, 0.5) is 0 Å². The van der Waals surface area contributed by atoms with E-state index in [4.69, 9.17) is 4.74 Å². The van der Waals surface area contributed by atoms with Crippen LogP contribution in [0.5, 0.6) is 0 Å². The van der Waals surface area contributed by atoms with Gasteiger partial charge >= 0.3 is 0 Å². The lowest BCUT2D eigenvalue weighted by Crippen LogP contribution is -2.47. The number of ether oxygens (including phenoxy) is 1. The second kappa shape index (κ2) is 5.83. The first-order valence-corrected chi connectivity index (χ1v) is 6.02. The first kappa shape index (κ1) is 12.9. The first-order chi connectivity index (χ1) is 7.09. The van der Waals surface area contributed by atoms with Crippen molar-refractivity contribution < 1.29 is 4.74 Å². The van der Waals surface area contributed by atoms with Gasteiger partial charge < -0.3 is 15.0 Å². The molecule has 0 aliphatic carbocycles. The number of hydrogen-bond donors (Lipinski definition) is 1. The molecule has 0 aromatic heterocycles. The fourth-order valence-electron chi connectivity index (χ4n) is 2.28. The average molecular weight is 214 g/mol. The summed E-state index contributed by atoms with van der Waals surface area (Å²) in [6.07, 6.45) is 2.37. The summed E-state index contributed by atoms with van der Waals surface area (Å²) in [5.41, 5.74) is 0.423. The third kappa shape index (κ3) is 3.74. The molecule has 1 rings (SSSR count). The van der Waals surface area contributed by atoms with Gasteiger partial charge in [-0.25, -0.2) is 0 Å². The van der Waals surface area contributed by atoms with Crippen molar-refractivity contribution in [2.75, 3.05) is 40.4 Å². The van der Waals surface area contributed by atoms with Gasteiger partial charge in [0.05, 0.1) is 0 Å². The molecular weight excluding hydrogens is 188 g/mol. The summed E-state index contributed by atoms with van der Waals surface area (Å²) < 4.78 is 5.47. The maximum Gasteiger partial charge on any atom is 0.0472 e. The molecule has 1 fully saturated rings. The van der Waals surface area contributed by atoms with Crippen molar-refractivity contribution in [2.45, 2.75) is 32.7 Å². The van der Waals surface area contributed by atoms with Gasteiger partial charge in [0.15, 0.2) is 0 Å². The van der Waals surface area contributed by atoms with E-state index in [-0.39, 0.29) is 0 Å². The van der Waals surface area contributed by atoms with E-state index in [1.54, 1.807) is 0 Å². The van der Waals surface area contributed by atoms with Gasteiger partial charge in [-0.2, -0.15) is 0 Å². The molecule has 0 aromatic rings. The summed E-state index contributed by atoms with van der Waals surface area (Å²) in [6.45, 7) is 8.64. The topological polar surface area (TPSA) is 24.5 Å². The van der Waals surface area contributed by atoms with Crippen molar-refractivity contribution in [1.29, 1.82) is 0 Å². The third-order valence-electron chi connectivity index (χ3n) is 3.57. The molecule has 1 saturated heterocycles. The van der Waals surface area contributed by atoms with E-state index in [1.165, 1.54) is 19.4 Å². The highest BCUT2D eigenvalue weighted by atomic mass is 16.5. The molecule has 1 heterocycles. The lowest BCUT2D eigenvalue weighted by atomic mass is 9.79. The van der Waals surface area contributed by atoms with Gasteiger partial charge in [0.2, 0.25) is 0 Å². The molecule has 0 bridgehead atoms. The third-order valence-corrected chi connectivity index (χ3v) is 3.57. The Balaban J connectivity index is 2.55. The Morgan fingerprint density at radius 1 is 1.33 bits per heavy atom. The molecule has 1 aliphatic heterocycles. The van der Waals surface area contributed by atoms with Crippen molar-refractivity contribution in [3.63, 3.8) is 0 Å². The number of nitrogens with one attached hydrogen (secondary N) is 1. The smallest absolute Gasteiger partial charge is 0.0472 e. The van der Waals surface area contributed by atoms with E-state index in [1.807, 2.05) is 7.05 Å². The molecule has 1 N–H and O–H groups in total. The SMILES string of the molecule is CNCC1(CN(C)C(C)C)CCOCC1. The van der Waals surface area contributed by atoms with E-state index in [9.17, 15) is 0 Å². The normalized spacial score (nSPS) is 21.2. The highest BCUT2D eigenvalue weighted by Gasteiger charge is 2.33. The molecule has 0 saturated carbocycles. The molecule has 0 aromatic carbocycles. The van der Waals surface area contributed by atoms with Crippen molar-refractivity contribution in [2.24, 2.45) is 5.41 Å². The Morgan fingerprint density at radius 2 is 1.93 bits per heavy atom. The van der Waals surface area contributed by atoms with Crippen molar-refractivity contribution in [3.8, 4) is 0 Å². The van der Waals surface area contributed by atoms with Crippen LogP contribution in [-0.2, 0) is 4.74 Å². The van der Waals surface area contributed by atoms with Gasteiger partial charge in [-0.05, 0) is 46.2 Å². The Morgan fingerprint density at radius 3 is 2.40 bits per heavy atom. The van der Waals surface area contributed by atoms with Crippen LogP contribution in [0.25, 0.3) is 0 Å². The summed E-state index contributed by atoms with van der Waals surface area (Å²) in [5, 5.41) is 3.34. The summed E-state index contributed by atoms with van der Waals surface area (Å²) in [5.74, 6) is 0. The molecule has 0 radical (unpaired) electrons. The van der Waals surface area contributed by atoms with Crippen LogP contribution in [0.1, 0.15) is 26.7 Å². The monoisotopic (exact) mass is 214 g/mol. The zero-order chi connectivity index (χ0) is 11.3.